The zero-order chi connectivity index (χ0) is 15.4. The number of pyridine rings is 1. The first-order valence-electron chi connectivity index (χ1n) is 7.25. The largest absolute Gasteiger partial charge is 0.396 e. The number of benzene rings is 2. The fraction of sp³-hybridized carbons (Fsp3) is 0.167. The van der Waals surface area contributed by atoms with E-state index >= 15 is 0 Å². The van der Waals surface area contributed by atoms with Crippen molar-refractivity contribution in [1.29, 1.82) is 0 Å². The summed E-state index contributed by atoms with van der Waals surface area (Å²) >= 11 is 3.47. The summed E-state index contributed by atoms with van der Waals surface area (Å²) in [4.78, 5) is 4.65. The Morgan fingerprint density at radius 1 is 1.05 bits per heavy atom. The molecule has 112 valence electrons. The molecule has 1 heterocycles. The van der Waals surface area contributed by atoms with Crippen molar-refractivity contribution >= 4 is 32.7 Å². The number of hydrogen-bond acceptors (Lipinski definition) is 3. The quantitative estimate of drug-likeness (QED) is 0.705. The first kappa shape index (κ1) is 15.0. The summed E-state index contributed by atoms with van der Waals surface area (Å²) in [7, 11) is 0. The third-order valence-electron chi connectivity index (χ3n) is 3.59. The molecule has 4 heteroatoms. The van der Waals surface area contributed by atoms with Gasteiger partial charge < -0.3 is 10.4 Å². The third kappa shape index (κ3) is 3.46. The third-order valence-corrected chi connectivity index (χ3v) is 4.09. The van der Waals surface area contributed by atoms with Gasteiger partial charge in [0.15, 0.2) is 0 Å². The average molecular weight is 357 g/mol. The lowest BCUT2D eigenvalue weighted by atomic mass is 10.0. The minimum Gasteiger partial charge on any atom is -0.396 e. The van der Waals surface area contributed by atoms with Gasteiger partial charge in [-0.1, -0.05) is 46.3 Å². The average Bonchev–Trinajstić information content (AvgIpc) is 2.55. The maximum Gasteiger partial charge on any atom is 0.127 e. The van der Waals surface area contributed by atoms with E-state index in [4.69, 9.17) is 0 Å². The minimum absolute atomic E-state index is 0.0478. The van der Waals surface area contributed by atoms with E-state index in [1.54, 1.807) is 0 Å². The molecule has 3 rings (SSSR count). The Kier molecular flexibility index (Phi) is 4.71. The second-order valence-corrected chi connectivity index (χ2v) is 6.07. The van der Waals surface area contributed by atoms with E-state index < -0.39 is 0 Å². The van der Waals surface area contributed by atoms with Gasteiger partial charge in [-0.25, -0.2) is 4.98 Å². The molecule has 0 unspecified atom stereocenters. The van der Waals surface area contributed by atoms with Gasteiger partial charge in [0.1, 0.15) is 5.82 Å². The predicted molar refractivity (Wildman–Crippen MR) is 94.0 cm³/mol. The molecule has 3 nitrogen and oxygen atoms in total. The van der Waals surface area contributed by atoms with Crippen LogP contribution in [0.3, 0.4) is 0 Å². The van der Waals surface area contributed by atoms with Crippen molar-refractivity contribution in [1.82, 2.24) is 4.98 Å². The number of nitrogens with one attached hydrogen (secondary N) is 1. The Morgan fingerprint density at radius 3 is 2.64 bits per heavy atom. The molecule has 0 bridgehead atoms. The van der Waals surface area contributed by atoms with Crippen LogP contribution in [0.1, 0.15) is 18.0 Å². The zero-order valence-corrected chi connectivity index (χ0v) is 13.6. The first-order chi connectivity index (χ1) is 10.8. The maximum absolute atomic E-state index is 9.31. The second kappa shape index (κ2) is 6.90. The fourth-order valence-electron chi connectivity index (χ4n) is 2.49. The van der Waals surface area contributed by atoms with Crippen LogP contribution in [-0.4, -0.2) is 16.7 Å². The summed E-state index contributed by atoms with van der Waals surface area (Å²) in [6.45, 7) is 0.132. The number of aliphatic hydroxyl groups is 1. The Balaban J connectivity index is 1.88. The van der Waals surface area contributed by atoms with Crippen LogP contribution < -0.4 is 5.32 Å². The van der Waals surface area contributed by atoms with E-state index in [-0.39, 0.29) is 12.6 Å². The van der Waals surface area contributed by atoms with Gasteiger partial charge in [-0.05, 0) is 42.3 Å². The topological polar surface area (TPSA) is 45.1 Å². The number of aromatic nitrogens is 1. The highest BCUT2D eigenvalue weighted by molar-refractivity contribution is 9.10. The van der Waals surface area contributed by atoms with Crippen molar-refractivity contribution in [2.75, 3.05) is 11.9 Å². The number of halogens is 1. The van der Waals surface area contributed by atoms with Crippen molar-refractivity contribution in [2.45, 2.75) is 12.5 Å². The number of rotatable bonds is 5. The van der Waals surface area contributed by atoms with Crippen LogP contribution in [0, 0.1) is 0 Å². The summed E-state index contributed by atoms with van der Waals surface area (Å²) in [5.41, 5.74) is 2.10. The number of nitrogens with zero attached hydrogens (tertiary/aromatic N) is 1. The molecule has 1 aromatic heterocycles. The molecule has 0 saturated heterocycles. The van der Waals surface area contributed by atoms with Gasteiger partial charge in [0.05, 0.1) is 11.6 Å². The number of fused-ring (bicyclic) bond motifs is 1. The van der Waals surface area contributed by atoms with Gasteiger partial charge in [0.2, 0.25) is 0 Å². The summed E-state index contributed by atoms with van der Waals surface area (Å²) in [6.07, 6.45) is 0.643. The zero-order valence-electron chi connectivity index (χ0n) is 12.0. The molecule has 0 aliphatic rings. The summed E-state index contributed by atoms with van der Waals surface area (Å²) in [6, 6.07) is 20.2. The van der Waals surface area contributed by atoms with Crippen LogP contribution in [0.5, 0.6) is 0 Å². The molecule has 0 aliphatic carbocycles. The lowest BCUT2D eigenvalue weighted by Gasteiger charge is -2.19. The fourth-order valence-corrected chi connectivity index (χ4v) is 2.87. The summed E-state index contributed by atoms with van der Waals surface area (Å²) < 4.78 is 1.05. The van der Waals surface area contributed by atoms with Crippen LogP contribution in [0.2, 0.25) is 0 Å². The first-order valence-corrected chi connectivity index (χ1v) is 8.04. The van der Waals surface area contributed by atoms with Gasteiger partial charge in [-0.2, -0.15) is 0 Å². The standard InChI is InChI=1S/C18H17BrN2O/c19-15-7-8-16-14(12-15)6-9-18(20-16)21-17(10-11-22)13-4-2-1-3-5-13/h1-9,12,17,22H,10-11H2,(H,20,21)/t17-/m1/s1. The van der Waals surface area contributed by atoms with E-state index in [0.717, 1.165) is 26.8 Å². The van der Waals surface area contributed by atoms with Crippen LogP contribution >= 0.6 is 15.9 Å². The number of anilines is 1. The molecule has 2 N–H and O–H groups in total. The predicted octanol–water partition coefficient (Wildman–Crippen LogP) is 4.53. The molecular weight excluding hydrogens is 340 g/mol. The van der Waals surface area contributed by atoms with E-state index in [9.17, 15) is 5.11 Å². The summed E-state index contributed by atoms with van der Waals surface area (Å²) in [5, 5.41) is 13.8. The van der Waals surface area contributed by atoms with Gasteiger partial charge in [0.25, 0.3) is 0 Å². The molecular formula is C18H17BrN2O. The van der Waals surface area contributed by atoms with Crippen LogP contribution in [0.25, 0.3) is 10.9 Å². The molecule has 0 radical (unpaired) electrons. The normalized spacial score (nSPS) is 12.3. The van der Waals surface area contributed by atoms with Gasteiger partial charge in [0, 0.05) is 16.5 Å². The monoisotopic (exact) mass is 356 g/mol. The molecule has 0 aliphatic heterocycles. The molecule has 0 spiro atoms. The minimum atomic E-state index is 0.0478. The van der Waals surface area contributed by atoms with Crippen LogP contribution in [0.4, 0.5) is 5.82 Å². The van der Waals surface area contributed by atoms with E-state index in [0.29, 0.717) is 6.42 Å². The van der Waals surface area contributed by atoms with Crippen molar-refractivity contribution in [3.63, 3.8) is 0 Å². The smallest absolute Gasteiger partial charge is 0.127 e. The van der Waals surface area contributed by atoms with Crippen molar-refractivity contribution in [2.24, 2.45) is 0 Å². The Labute approximate surface area is 138 Å². The Bertz CT molecular complexity index is 761. The van der Waals surface area contributed by atoms with Crippen LogP contribution in [0.15, 0.2) is 65.1 Å². The van der Waals surface area contributed by atoms with Gasteiger partial charge >= 0.3 is 0 Å². The molecule has 3 aromatic rings. The Hall–Kier alpha value is -1.91. The lowest BCUT2D eigenvalue weighted by Crippen LogP contribution is -2.13. The highest BCUT2D eigenvalue weighted by atomic mass is 79.9. The highest BCUT2D eigenvalue weighted by Gasteiger charge is 2.11. The molecule has 0 amide bonds. The number of aliphatic hydroxyl groups excluding tert-OH is 1. The molecule has 2 aromatic carbocycles. The van der Waals surface area contributed by atoms with Crippen molar-refractivity contribution in [3.8, 4) is 0 Å². The SMILES string of the molecule is OCC[C@@H](Nc1ccc2cc(Br)ccc2n1)c1ccccc1. The molecule has 0 fully saturated rings. The van der Waals surface area contributed by atoms with Gasteiger partial charge in [-0.15, -0.1) is 0 Å². The molecule has 0 saturated carbocycles. The van der Waals surface area contributed by atoms with E-state index in [2.05, 4.69) is 50.5 Å². The second-order valence-electron chi connectivity index (χ2n) is 5.15. The maximum atomic E-state index is 9.31. The summed E-state index contributed by atoms with van der Waals surface area (Å²) in [5.74, 6) is 0.817. The van der Waals surface area contributed by atoms with Crippen molar-refractivity contribution in [3.05, 3.63) is 70.7 Å². The highest BCUT2D eigenvalue weighted by Crippen LogP contribution is 2.24. The lowest BCUT2D eigenvalue weighted by molar-refractivity contribution is 0.280. The number of hydrogen-bond donors (Lipinski definition) is 2. The van der Waals surface area contributed by atoms with Crippen LogP contribution in [-0.2, 0) is 0 Å². The Morgan fingerprint density at radius 2 is 1.86 bits per heavy atom. The van der Waals surface area contributed by atoms with Gasteiger partial charge in [-0.3, -0.25) is 0 Å². The molecule has 22 heavy (non-hydrogen) atoms. The van der Waals surface area contributed by atoms with E-state index in [1.165, 1.54) is 0 Å². The van der Waals surface area contributed by atoms with E-state index in [1.807, 2.05) is 36.4 Å². The van der Waals surface area contributed by atoms with Crippen molar-refractivity contribution < 1.29 is 5.11 Å². The molecule has 1 atom stereocenters.